The molecule has 3 atom stereocenters. The van der Waals surface area contributed by atoms with Crippen LogP contribution in [0.4, 0.5) is 0 Å². The summed E-state index contributed by atoms with van der Waals surface area (Å²) in [4.78, 5) is 2.52. The van der Waals surface area contributed by atoms with Gasteiger partial charge in [0.15, 0.2) is 0 Å². The number of halogens is 1. The van der Waals surface area contributed by atoms with Crippen LogP contribution in [-0.2, 0) is 4.74 Å². The van der Waals surface area contributed by atoms with E-state index in [0.717, 1.165) is 38.5 Å². The Morgan fingerprint density at radius 2 is 2.20 bits per heavy atom. The molecular formula is C16H22ClNO2. The van der Waals surface area contributed by atoms with Crippen LogP contribution < -0.4 is 4.74 Å². The second-order valence-corrected chi connectivity index (χ2v) is 6.09. The van der Waals surface area contributed by atoms with Crippen LogP contribution in [0.25, 0.3) is 0 Å². The zero-order valence-electron chi connectivity index (χ0n) is 11.9. The number of rotatable bonds is 3. The third-order valence-corrected chi connectivity index (χ3v) is 4.69. The van der Waals surface area contributed by atoms with E-state index in [0.29, 0.717) is 17.8 Å². The minimum Gasteiger partial charge on any atom is -0.493 e. The summed E-state index contributed by atoms with van der Waals surface area (Å²) < 4.78 is 11.5. The average molecular weight is 296 g/mol. The van der Waals surface area contributed by atoms with Gasteiger partial charge in [-0.3, -0.25) is 4.90 Å². The fourth-order valence-electron chi connectivity index (χ4n) is 3.11. The van der Waals surface area contributed by atoms with Crippen molar-refractivity contribution in [1.29, 1.82) is 0 Å². The molecule has 2 heterocycles. The van der Waals surface area contributed by atoms with E-state index in [4.69, 9.17) is 21.1 Å². The molecule has 110 valence electrons. The first-order valence-electron chi connectivity index (χ1n) is 7.41. The number of fused-ring (bicyclic) bond motifs is 1. The Balaban J connectivity index is 1.71. The van der Waals surface area contributed by atoms with Gasteiger partial charge in [-0.25, -0.2) is 0 Å². The molecule has 4 heteroatoms. The number of nitrogens with zero attached hydrogens (tertiary/aromatic N) is 1. The minimum atomic E-state index is 0.169. The first-order valence-corrected chi connectivity index (χ1v) is 7.94. The van der Waals surface area contributed by atoms with Gasteiger partial charge >= 0.3 is 0 Å². The molecule has 0 aliphatic carbocycles. The van der Waals surface area contributed by atoms with Crippen LogP contribution >= 0.6 is 11.6 Å². The summed E-state index contributed by atoms with van der Waals surface area (Å²) in [7, 11) is 0. The lowest BCUT2D eigenvalue weighted by Crippen LogP contribution is -2.50. The van der Waals surface area contributed by atoms with Crippen molar-refractivity contribution < 1.29 is 9.47 Å². The Morgan fingerprint density at radius 3 is 3.05 bits per heavy atom. The van der Waals surface area contributed by atoms with Gasteiger partial charge in [-0.1, -0.05) is 18.2 Å². The molecule has 20 heavy (non-hydrogen) atoms. The van der Waals surface area contributed by atoms with Gasteiger partial charge in [-0.05, 0) is 25.0 Å². The third kappa shape index (κ3) is 2.95. The smallest absolute Gasteiger partial charge is 0.122 e. The van der Waals surface area contributed by atoms with Crippen LogP contribution in [-0.4, -0.2) is 49.2 Å². The molecule has 1 aromatic rings. The summed E-state index contributed by atoms with van der Waals surface area (Å²) in [5.74, 6) is 2.18. The van der Waals surface area contributed by atoms with Crippen molar-refractivity contribution in [2.75, 3.05) is 32.2 Å². The molecule has 1 saturated heterocycles. The molecule has 0 radical (unpaired) electrons. The van der Waals surface area contributed by atoms with E-state index in [1.54, 1.807) is 0 Å². The fraction of sp³-hybridized carbons (Fsp3) is 0.625. The van der Waals surface area contributed by atoms with Crippen molar-refractivity contribution in [1.82, 2.24) is 4.90 Å². The third-order valence-electron chi connectivity index (χ3n) is 4.34. The number of hydrogen-bond acceptors (Lipinski definition) is 3. The van der Waals surface area contributed by atoms with E-state index in [1.807, 2.05) is 6.07 Å². The highest BCUT2D eigenvalue weighted by Crippen LogP contribution is 2.34. The standard InChI is InChI=1S/C16H22ClNO2/c1-12-11-20-14(8-17)10-18(12)9-13-6-7-19-16-5-3-2-4-15(13)16/h2-5,12-14H,6-11H2,1H3. The molecule has 1 aromatic carbocycles. The van der Waals surface area contributed by atoms with Crippen molar-refractivity contribution in [3.63, 3.8) is 0 Å². The zero-order valence-corrected chi connectivity index (χ0v) is 12.7. The van der Waals surface area contributed by atoms with Gasteiger partial charge in [0.1, 0.15) is 5.75 Å². The van der Waals surface area contributed by atoms with Crippen LogP contribution in [0.3, 0.4) is 0 Å². The van der Waals surface area contributed by atoms with Crippen molar-refractivity contribution >= 4 is 11.6 Å². The van der Waals surface area contributed by atoms with Gasteiger partial charge in [0, 0.05) is 30.9 Å². The van der Waals surface area contributed by atoms with E-state index in [2.05, 4.69) is 30.0 Å². The topological polar surface area (TPSA) is 21.7 Å². The summed E-state index contributed by atoms with van der Waals surface area (Å²) >= 11 is 5.95. The van der Waals surface area contributed by atoms with Crippen LogP contribution in [0.1, 0.15) is 24.8 Å². The molecule has 0 N–H and O–H groups in total. The molecule has 0 spiro atoms. The summed E-state index contributed by atoms with van der Waals surface area (Å²) in [6.07, 6.45) is 1.26. The van der Waals surface area contributed by atoms with Crippen LogP contribution in [0.15, 0.2) is 24.3 Å². The van der Waals surface area contributed by atoms with Crippen molar-refractivity contribution in [2.24, 2.45) is 0 Å². The minimum absolute atomic E-state index is 0.169. The fourth-order valence-corrected chi connectivity index (χ4v) is 3.30. The van der Waals surface area contributed by atoms with E-state index < -0.39 is 0 Å². The number of hydrogen-bond donors (Lipinski definition) is 0. The Labute approximate surface area is 125 Å². The van der Waals surface area contributed by atoms with E-state index >= 15 is 0 Å². The Morgan fingerprint density at radius 1 is 1.35 bits per heavy atom. The maximum Gasteiger partial charge on any atom is 0.122 e. The maximum atomic E-state index is 5.95. The molecule has 3 rings (SSSR count). The highest BCUT2D eigenvalue weighted by molar-refractivity contribution is 6.18. The van der Waals surface area contributed by atoms with Crippen molar-refractivity contribution in [3.05, 3.63) is 29.8 Å². The van der Waals surface area contributed by atoms with Gasteiger partial charge in [0.05, 0.1) is 19.3 Å². The quantitative estimate of drug-likeness (QED) is 0.801. The van der Waals surface area contributed by atoms with Gasteiger partial charge in [0.2, 0.25) is 0 Å². The van der Waals surface area contributed by atoms with Crippen LogP contribution in [0.5, 0.6) is 5.75 Å². The molecule has 2 aliphatic heterocycles. The van der Waals surface area contributed by atoms with Crippen molar-refractivity contribution in [3.8, 4) is 5.75 Å². The second-order valence-electron chi connectivity index (χ2n) is 5.78. The Kier molecular flexibility index (Phi) is 4.49. The van der Waals surface area contributed by atoms with Gasteiger partial charge < -0.3 is 9.47 Å². The lowest BCUT2D eigenvalue weighted by molar-refractivity contribution is -0.0505. The van der Waals surface area contributed by atoms with Gasteiger partial charge in [0.25, 0.3) is 0 Å². The number of benzene rings is 1. The molecule has 3 nitrogen and oxygen atoms in total. The van der Waals surface area contributed by atoms with Gasteiger partial charge in [-0.15, -0.1) is 11.6 Å². The van der Waals surface area contributed by atoms with E-state index in [9.17, 15) is 0 Å². The molecule has 3 unspecified atom stereocenters. The highest BCUT2D eigenvalue weighted by Gasteiger charge is 2.30. The van der Waals surface area contributed by atoms with Gasteiger partial charge in [-0.2, -0.15) is 0 Å². The van der Waals surface area contributed by atoms with Crippen LogP contribution in [0, 0.1) is 0 Å². The molecule has 0 bridgehead atoms. The monoisotopic (exact) mass is 295 g/mol. The Hall–Kier alpha value is -0.770. The second kappa shape index (κ2) is 6.33. The van der Waals surface area contributed by atoms with Crippen molar-refractivity contribution in [2.45, 2.75) is 31.4 Å². The molecule has 0 aromatic heterocycles. The summed E-state index contributed by atoms with van der Waals surface area (Å²) in [5.41, 5.74) is 1.35. The summed E-state index contributed by atoms with van der Waals surface area (Å²) in [5, 5.41) is 0. The predicted molar refractivity (Wildman–Crippen MR) is 80.8 cm³/mol. The molecule has 2 aliphatic rings. The highest BCUT2D eigenvalue weighted by atomic mass is 35.5. The summed E-state index contributed by atoms with van der Waals surface area (Å²) in [6, 6.07) is 8.88. The lowest BCUT2D eigenvalue weighted by atomic mass is 9.92. The molecule has 0 amide bonds. The average Bonchev–Trinajstić information content (AvgIpc) is 2.50. The maximum absolute atomic E-state index is 5.95. The summed E-state index contributed by atoms with van der Waals surface area (Å²) in [6.45, 7) is 5.83. The molecule has 1 fully saturated rings. The van der Waals surface area contributed by atoms with E-state index in [1.165, 1.54) is 5.56 Å². The SMILES string of the molecule is CC1COC(CCl)CN1CC1CCOc2ccccc21. The Bertz CT molecular complexity index is 454. The lowest BCUT2D eigenvalue weighted by Gasteiger charge is -2.40. The molecule has 0 saturated carbocycles. The van der Waals surface area contributed by atoms with E-state index in [-0.39, 0.29) is 6.10 Å². The molecular weight excluding hydrogens is 274 g/mol. The number of morpholine rings is 1. The largest absolute Gasteiger partial charge is 0.493 e. The first kappa shape index (κ1) is 14.2. The normalized spacial score (nSPS) is 30.6. The zero-order chi connectivity index (χ0) is 13.9. The number of para-hydroxylation sites is 1. The van der Waals surface area contributed by atoms with Crippen LogP contribution in [0.2, 0.25) is 0 Å². The predicted octanol–water partition coefficient (Wildman–Crippen LogP) is 2.88. The first-order chi connectivity index (χ1) is 9.78. The number of alkyl halides is 1. The number of ether oxygens (including phenoxy) is 2.